The number of carbonyl (C=O) groups is 2. The highest BCUT2D eigenvalue weighted by Crippen LogP contribution is 2.24. The number of ether oxygens (including phenoxy) is 1. The van der Waals surface area contributed by atoms with Crippen molar-refractivity contribution in [1.29, 1.82) is 0 Å². The summed E-state index contributed by atoms with van der Waals surface area (Å²) in [6.07, 6.45) is -0.436. The lowest BCUT2D eigenvalue weighted by atomic mass is 10.1. The molecule has 0 spiro atoms. The first kappa shape index (κ1) is 15.8. The highest BCUT2D eigenvalue weighted by atomic mass is 16.6. The molecule has 0 fully saturated rings. The van der Waals surface area contributed by atoms with Crippen LogP contribution in [0, 0.1) is 0 Å². The predicted octanol–water partition coefficient (Wildman–Crippen LogP) is 3.91. The number of fused-ring (bicyclic) bond motifs is 1. The molecule has 5 nitrogen and oxygen atoms in total. The predicted molar refractivity (Wildman–Crippen MR) is 85.5 cm³/mol. The van der Waals surface area contributed by atoms with Crippen LogP contribution in [0.15, 0.2) is 36.4 Å². The van der Waals surface area contributed by atoms with Crippen molar-refractivity contribution in [3.63, 3.8) is 0 Å². The van der Waals surface area contributed by atoms with Crippen LogP contribution in [0.25, 0.3) is 10.8 Å². The number of benzene rings is 2. The van der Waals surface area contributed by atoms with Gasteiger partial charge in [0.15, 0.2) is 0 Å². The second kappa shape index (κ2) is 5.67. The van der Waals surface area contributed by atoms with E-state index in [4.69, 9.17) is 9.84 Å². The molecule has 0 saturated carbocycles. The molecule has 1 N–H and O–H groups in total. The quantitative estimate of drug-likeness (QED) is 0.913. The molecule has 0 aliphatic rings. The Balaban J connectivity index is 2.31. The molecule has 0 bridgehead atoms. The molecule has 0 unspecified atom stereocenters. The molecule has 0 aromatic heterocycles. The Labute approximate surface area is 129 Å². The molecule has 0 saturated heterocycles. The van der Waals surface area contributed by atoms with Crippen LogP contribution in [-0.4, -0.2) is 29.8 Å². The van der Waals surface area contributed by atoms with Gasteiger partial charge < -0.3 is 9.84 Å². The molecule has 1 amide bonds. The Hall–Kier alpha value is -2.56. The van der Waals surface area contributed by atoms with Crippen molar-refractivity contribution in [2.75, 3.05) is 11.9 Å². The highest BCUT2D eigenvalue weighted by molar-refractivity contribution is 5.97. The van der Waals surface area contributed by atoms with E-state index in [0.717, 1.165) is 10.8 Å². The molecule has 0 radical (unpaired) electrons. The van der Waals surface area contributed by atoms with Gasteiger partial charge in [0.25, 0.3) is 0 Å². The number of carbonyl (C=O) groups excluding carboxylic acids is 1. The Bertz CT molecular complexity index is 731. The zero-order valence-corrected chi connectivity index (χ0v) is 13.1. The standard InChI is InChI=1S/C17H19NO4/c1-17(2,3)22-16(21)18(4)14-8-7-11-9-13(15(19)20)6-5-12(11)10-14/h5-10H,1-4H3,(H,19,20). The summed E-state index contributed by atoms with van der Waals surface area (Å²) in [6, 6.07) is 10.3. The van der Waals surface area contributed by atoms with Gasteiger partial charge in [0, 0.05) is 12.7 Å². The number of rotatable bonds is 2. The van der Waals surface area contributed by atoms with Gasteiger partial charge in [-0.3, -0.25) is 4.90 Å². The van der Waals surface area contributed by atoms with Gasteiger partial charge in [0.2, 0.25) is 0 Å². The maximum atomic E-state index is 12.1. The van der Waals surface area contributed by atoms with Crippen LogP contribution in [0.5, 0.6) is 0 Å². The van der Waals surface area contributed by atoms with Crippen LogP contribution in [0.3, 0.4) is 0 Å². The topological polar surface area (TPSA) is 66.8 Å². The second-order valence-electron chi connectivity index (χ2n) is 6.09. The molecule has 2 aromatic carbocycles. The molecule has 2 aromatic rings. The zero-order valence-electron chi connectivity index (χ0n) is 13.1. The Morgan fingerprint density at radius 2 is 1.64 bits per heavy atom. The summed E-state index contributed by atoms with van der Waals surface area (Å²) in [7, 11) is 1.64. The zero-order chi connectivity index (χ0) is 16.5. The maximum absolute atomic E-state index is 12.1. The molecule has 2 rings (SSSR count). The first-order valence-corrected chi connectivity index (χ1v) is 6.91. The van der Waals surface area contributed by atoms with Crippen molar-refractivity contribution < 1.29 is 19.4 Å². The van der Waals surface area contributed by atoms with E-state index in [2.05, 4.69) is 0 Å². The van der Waals surface area contributed by atoms with Gasteiger partial charge in [0.1, 0.15) is 5.60 Å². The van der Waals surface area contributed by atoms with Gasteiger partial charge in [-0.05, 0) is 55.8 Å². The van der Waals surface area contributed by atoms with E-state index in [-0.39, 0.29) is 5.56 Å². The lowest BCUT2D eigenvalue weighted by molar-refractivity contribution is 0.0588. The van der Waals surface area contributed by atoms with Gasteiger partial charge in [0.05, 0.1) is 5.56 Å². The van der Waals surface area contributed by atoms with Crippen molar-refractivity contribution in [1.82, 2.24) is 0 Å². The summed E-state index contributed by atoms with van der Waals surface area (Å²) in [5, 5.41) is 10.7. The van der Waals surface area contributed by atoms with Crippen LogP contribution in [-0.2, 0) is 4.74 Å². The molecule has 5 heteroatoms. The second-order valence-corrected chi connectivity index (χ2v) is 6.09. The Morgan fingerprint density at radius 3 is 2.23 bits per heavy atom. The molecule has 0 aliphatic heterocycles. The minimum atomic E-state index is -0.961. The summed E-state index contributed by atoms with van der Waals surface area (Å²) < 4.78 is 5.33. The van der Waals surface area contributed by atoms with Crippen LogP contribution < -0.4 is 4.90 Å². The largest absolute Gasteiger partial charge is 0.478 e. The molecule has 0 atom stereocenters. The number of anilines is 1. The monoisotopic (exact) mass is 301 g/mol. The summed E-state index contributed by atoms with van der Waals surface area (Å²) >= 11 is 0. The number of amides is 1. The minimum absolute atomic E-state index is 0.237. The first-order chi connectivity index (χ1) is 10.2. The van der Waals surface area contributed by atoms with Gasteiger partial charge in [-0.2, -0.15) is 0 Å². The average Bonchev–Trinajstić information content (AvgIpc) is 2.43. The lowest BCUT2D eigenvalue weighted by Gasteiger charge is -2.24. The number of hydrogen-bond acceptors (Lipinski definition) is 3. The van der Waals surface area contributed by atoms with E-state index >= 15 is 0 Å². The van der Waals surface area contributed by atoms with Crippen LogP contribution in [0.1, 0.15) is 31.1 Å². The van der Waals surface area contributed by atoms with E-state index < -0.39 is 17.7 Å². The third-order valence-corrected chi connectivity index (χ3v) is 3.13. The maximum Gasteiger partial charge on any atom is 0.414 e. The van der Waals surface area contributed by atoms with Crippen molar-refractivity contribution in [2.24, 2.45) is 0 Å². The van der Waals surface area contributed by atoms with Crippen LogP contribution >= 0.6 is 0 Å². The van der Waals surface area contributed by atoms with Crippen molar-refractivity contribution in [3.8, 4) is 0 Å². The number of nitrogens with zero attached hydrogens (tertiary/aromatic N) is 1. The molecular weight excluding hydrogens is 282 g/mol. The van der Waals surface area contributed by atoms with Crippen LogP contribution in [0.4, 0.5) is 10.5 Å². The van der Waals surface area contributed by atoms with E-state index in [1.807, 2.05) is 26.8 Å². The van der Waals surface area contributed by atoms with E-state index in [1.54, 1.807) is 37.4 Å². The summed E-state index contributed by atoms with van der Waals surface area (Å²) in [5.74, 6) is -0.961. The Kier molecular flexibility index (Phi) is 4.08. The van der Waals surface area contributed by atoms with Crippen molar-refractivity contribution in [2.45, 2.75) is 26.4 Å². The van der Waals surface area contributed by atoms with E-state index in [1.165, 1.54) is 4.90 Å². The molecule has 116 valence electrons. The van der Waals surface area contributed by atoms with E-state index in [0.29, 0.717) is 5.69 Å². The third kappa shape index (κ3) is 3.55. The Morgan fingerprint density at radius 1 is 1.05 bits per heavy atom. The van der Waals surface area contributed by atoms with Crippen molar-refractivity contribution in [3.05, 3.63) is 42.0 Å². The average molecular weight is 301 g/mol. The van der Waals surface area contributed by atoms with Gasteiger partial charge in [-0.1, -0.05) is 12.1 Å². The lowest BCUT2D eigenvalue weighted by Crippen LogP contribution is -2.34. The van der Waals surface area contributed by atoms with E-state index in [9.17, 15) is 9.59 Å². The molecule has 0 heterocycles. The summed E-state index contributed by atoms with van der Waals surface area (Å²) in [4.78, 5) is 24.5. The smallest absolute Gasteiger partial charge is 0.414 e. The minimum Gasteiger partial charge on any atom is -0.478 e. The fourth-order valence-electron chi connectivity index (χ4n) is 2.01. The van der Waals surface area contributed by atoms with Gasteiger partial charge >= 0.3 is 12.1 Å². The fourth-order valence-corrected chi connectivity index (χ4v) is 2.01. The molecular formula is C17H19NO4. The SMILES string of the molecule is CN(C(=O)OC(C)(C)C)c1ccc2cc(C(=O)O)ccc2c1. The van der Waals surface area contributed by atoms with Gasteiger partial charge in [-0.25, -0.2) is 9.59 Å². The normalized spacial score (nSPS) is 11.3. The summed E-state index contributed by atoms with van der Waals surface area (Å²) in [5.41, 5.74) is 0.365. The number of carboxylic acid groups (broad SMARTS) is 1. The number of hydrogen-bond donors (Lipinski definition) is 1. The summed E-state index contributed by atoms with van der Waals surface area (Å²) in [6.45, 7) is 5.44. The third-order valence-electron chi connectivity index (χ3n) is 3.13. The number of aromatic carboxylic acids is 1. The van der Waals surface area contributed by atoms with Crippen molar-refractivity contribution >= 4 is 28.5 Å². The highest BCUT2D eigenvalue weighted by Gasteiger charge is 2.20. The molecule has 22 heavy (non-hydrogen) atoms. The van der Waals surface area contributed by atoms with Gasteiger partial charge in [-0.15, -0.1) is 0 Å². The van der Waals surface area contributed by atoms with Crippen LogP contribution in [0.2, 0.25) is 0 Å². The molecule has 0 aliphatic carbocycles. The fraction of sp³-hybridized carbons (Fsp3) is 0.294. The first-order valence-electron chi connectivity index (χ1n) is 6.91. The number of carboxylic acids is 1.